The number of amides is 1. The summed E-state index contributed by atoms with van der Waals surface area (Å²) in [6.45, 7) is 1.51. The van der Waals surface area contributed by atoms with E-state index in [1.807, 2.05) is 66.7 Å². The number of carbonyl (C=O) groups is 1. The van der Waals surface area contributed by atoms with Crippen molar-refractivity contribution < 1.29 is 4.79 Å². The standard InChI is InChI=1S/C22H20N2O/c1-18(25)23-17-22(19-11-5-2-6-12-19)24(20-13-7-3-8-14-20)21-15-9-4-10-16-21/h2-17H,1H3,(H,23,25)/b22-17-. The van der Waals surface area contributed by atoms with Crippen LogP contribution in [0.2, 0.25) is 0 Å². The van der Waals surface area contributed by atoms with Crippen LogP contribution in [0.4, 0.5) is 11.4 Å². The van der Waals surface area contributed by atoms with Gasteiger partial charge in [-0.05, 0) is 29.8 Å². The molecule has 3 rings (SSSR count). The predicted octanol–water partition coefficient (Wildman–Crippen LogP) is 4.96. The van der Waals surface area contributed by atoms with Gasteiger partial charge in [-0.15, -0.1) is 0 Å². The average Bonchev–Trinajstić information content (AvgIpc) is 2.67. The smallest absolute Gasteiger partial charge is 0.220 e. The maximum absolute atomic E-state index is 11.5. The zero-order chi connectivity index (χ0) is 17.5. The van der Waals surface area contributed by atoms with Crippen LogP contribution in [-0.4, -0.2) is 5.91 Å². The van der Waals surface area contributed by atoms with Crippen molar-refractivity contribution in [1.82, 2.24) is 5.32 Å². The number of rotatable bonds is 5. The molecule has 25 heavy (non-hydrogen) atoms. The van der Waals surface area contributed by atoms with E-state index >= 15 is 0 Å². The number of nitrogens with one attached hydrogen (secondary N) is 1. The van der Waals surface area contributed by atoms with Gasteiger partial charge in [-0.2, -0.15) is 0 Å². The van der Waals surface area contributed by atoms with Gasteiger partial charge in [0.15, 0.2) is 0 Å². The van der Waals surface area contributed by atoms with Crippen molar-refractivity contribution in [3.8, 4) is 0 Å². The third-order valence-electron chi connectivity index (χ3n) is 3.75. The van der Waals surface area contributed by atoms with Gasteiger partial charge in [-0.25, -0.2) is 0 Å². The molecule has 3 nitrogen and oxygen atoms in total. The van der Waals surface area contributed by atoms with Crippen molar-refractivity contribution in [3.63, 3.8) is 0 Å². The number of hydrogen-bond acceptors (Lipinski definition) is 2. The lowest BCUT2D eigenvalue weighted by Crippen LogP contribution is -2.20. The van der Waals surface area contributed by atoms with Crippen molar-refractivity contribution in [2.45, 2.75) is 6.92 Å². The molecule has 0 aliphatic rings. The van der Waals surface area contributed by atoms with E-state index in [2.05, 4.69) is 34.5 Å². The molecule has 0 saturated heterocycles. The fourth-order valence-corrected chi connectivity index (χ4v) is 2.64. The molecule has 0 aliphatic carbocycles. The summed E-state index contributed by atoms with van der Waals surface area (Å²) in [6.07, 6.45) is 1.76. The molecule has 0 aromatic heterocycles. The average molecular weight is 328 g/mol. The molecular weight excluding hydrogens is 308 g/mol. The van der Waals surface area contributed by atoms with E-state index in [9.17, 15) is 4.79 Å². The topological polar surface area (TPSA) is 32.3 Å². The van der Waals surface area contributed by atoms with Gasteiger partial charge < -0.3 is 10.2 Å². The highest BCUT2D eigenvalue weighted by atomic mass is 16.1. The fourth-order valence-electron chi connectivity index (χ4n) is 2.64. The molecule has 0 fully saturated rings. The number of benzene rings is 3. The van der Waals surface area contributed by atoms with E-state index < -0.39 is 0 Å². The van der Waals surface area contributed by atoms with Crippen molar-refractivity contribution in [2.75, 3.05) is 4.90 Å². The Hall–Kier alpha value is -3.33. The summed E-state index contributed by atoms with van der Waals surface area (Å²) in [4.78, 5) is 13.6. The lowest BCUT2D eigenvalue weighted by molar-refractivity contribution is -0.118. The summed E-state index contributed by atoms with van der Waals surface area (Å²) in [6, 6.07) is 30.3. The second-order valence-corrected chi connectivity index (χ2v) is 5.60. The van der Waals surface area contributed by atoms with Crippen LogP contribution in [0.5, 0.6) is 0 Å². The SMILES string of the molecule is CC(=O)N/C=C(/c1ccccc1)N(c1ccccc1)c1ccccc1. The number of carbonyl (C=O) groups excluding carboxylic acids is 1. The minimum atomic E-state index is -0.102. The van der Waals surface area contributed by atoms with Crippen molar-refractivity contribution in [2.24, 2.45) is 0 Å². The molecule has 0 unspecified atom stereocenters. The quantitative estimate of drug-likeness (QED) is 0.718. The van der Waals surface area contributed by atoms with Crippen molar-refractivity contribution in [3.05, 3.63) is 103 Å². The molecule has 0 radical (unpaired) electrons. The van der Waals surface area contributed by atoms with Gasteiger partial charge >= 0.3 is 0 Å². The van der Waals surface area contributed by atoms with E-state index in [-0.39, 0.29) is 5.91 Å². The van der Waals surface area contributed by atoms with Gasteiger partial charge in [0.1, 0.15) is 0 Å². The molecule has 1 N–H and O–H groups in total. The van der Waals surface area contributed by atoms with E-state index in [4.69, 9.17) is 0 Å². The fraction of sp³-hybridized carbons (Fsp3) is 0.0455. The first-order valence-corrected chi connectivity index (χ1v) is 8.18. The predicted molar refractivity (Wildman–Crippen MR) is 103 cm³/mol. The van der Waals surface area contributed by atoms with Gasteiger partial charge in [-0.1, -0.05) is 66.7 Å². The molecule has 3 aromatic carbocycles. The number of hydrogen-bond donors (Lipinski definition) is 1. The lowest BCUT2D eigenvalue weighted by atomic mass is 10.1. The van der Waals surface area contributed by atoms with Crippen LogP contribution in [0, 0.1) is 0 Å². The van der Waals surface area contributed by atoms with Gasteiger partial charge in [0, 0.05) is 24.5 Å². The molecule has 0 atom stereocenters. The van der Waals surface area contributed by atoms with Crippen LogP contribution in [0.1, 0.15) is 12.5 Å². The van der Waals surface area contributed by atoms with Crippen molar-refractivity contribution in [1.29, 1.82) is 0 Å². The highest BCUT2D eigenvalue weighted by Crippen LogP contribution is 2.33. The number of para-hydroxylation sites is 2. The highest BCUT2D eigenvalue weighted by Gasteiger charge is 2.16. The molecular formula is C22H20N2O. The van der Waals surface area contributed by atoms with Crippen LogP contribution >= 0.6 is 0 Å². The Labute approximate surface area is 148 Å². The molecule has 3 heteroatoms. The van der Waals surface area contributed by atoms with Crippen LogP contribution in [0.25, 0.3) is 5.70 Å². The van der Waals surface area contributed by atoms with Gasteiger partial charge in [0.25, 0.3) is 0 Å². The van der Waals surface area contributed by atoms with Gasteiger partial charge in [0.05, 0.1) is 5.70 Å². The molecule has 1 amide bonds. The first-order valence-electron chi connectivity index (χ1n) is 8.18. The Kier molecular flexibility index (Phi) is 5.27. The van der Waals surface area contributed by atoms with Crippen molar-refractivity contribution >= 4 is 23.0 Å². The lowest BCUT2D eigenvalue weighted by Gasteiger charge is -2.28. The number of nitrogens with zero attached hydrogens (tertiary/aromatic N) is 1. The van der Waals surface area contributed by atoms with Crippen LogP contribution in [0.3, 0.4) is 0 Å². The zero-order valence-corrected chi connectivity index (χ0v) is 14.1. The largest absolute Gasteiger partial charge is 0.331 e. The summed E-state index contributed by atoms with van der Waals surface area (Å²) < 4.78 is 0. The van der Waals surface area contributed by atoms with Crippen LogP contribution in [0.15, 0.2) is 97.2 Å². The monoisotopic (exact) mass is 328 g/mol. The van der Waals surface area contributed by atoms with E-state index in [1.165, 1.54) is 6.92 Å². The molecule has 0 saturated carbocycles. The summed E-state index contributed by atoms with van der Waals surface area (Å²) >= 11 is 0. The van der Waals surface area contributed by atoms with Crippen LogP contribution < -0.4 is 10.2 Å². The minimum Gasteiger partial charge on any atom is -0.331 e. The van der Waals surface area contributed by atoms with E-state index in [0.29, 0.717) is 0 Å². The summed E-state index contributed by atoms with van der Waals surface area (Å²) in [5.41, 5.74) is 3.96. The molecule has 0 spiro atoms. The second-order valence-electron chi connectivity index (χ2n) is 5.60. The first-order chi connectivity index (χ1) is 12.3. The first kappa shape index (κ1) is 16.5. The van der Waals surface area contributed by atoms with Crippen LogP contribution in [-0.2, 0) is 4.79 Å². The third kappa shape index (κ3) is 4.15. The molecule has 3 aromatic rings. The Morgan fingerprint density at radius 2 is 1.20 bits per heavy atom. The normalized spacial score (nSPS) is 11.0. The highest BCUT2D eigenvalue weighted by molar-refractivity contribution is 5.89. The molecule has 0 bridgehead atoms. The Bertz CT molecular complexity index is 803. The van der Waals surface area contributed by atoms with Gasteiger partial charge in [0.2, 0.25) is 5.91 Å². The third-order valence-corrected chi connectivity index (χ3v) is 3.75. The van der Waals surface area contributed by atoms with E-state index in [0.717, 1.165) is 22.6 Å². The Morgan fingerprint density at radius 3 is 1.64 bits per heavy atom. The summed E-state index contributed by atoms with van der Waals surface area (Å²) in [7, 11) is 0. The minimum absolute atomic E-state index is 0.102. The van der Waals surface area contributed by atoms with E-state index in [1.54, 1.807) is 6.20 Å². The summed E-state index contributed by atoms with van der Waals surface area (Å²) in [5.74, 6) is -0.102. The summed E-state index contributed by atoms with van der Waals surface area (Å²) in [5, 5.41) is 2.82. The molecule has 124 valence electrons. The Balaban J connectivity index is 2.16. The maximum atomic E-state index is 11.5. The zero-order valence-electron chi connectivity index (χ0n) is 14.1. The molecule has 0 aliphatic heterocycles. The Morgan fingerprint density at radius 1 is 0.760 bits per heavy atom. The molecule has 0 heterocycles. The van der Waals surface area contributed by atoms with Gasteiger partial charge in [-0.3, -0.25) is 4.79 Å². The maximum Gasteiger partial charge on any atom is 0.220 e. The number of anilines is 2. The second kappa shape index (κ2) is 7.97.